The molecule has 0 saturated heterocycles. The maximum Gasteiger partial charge on any atom is 0.270 e. The lowest BCUT2D eigenvalue weighted by Gasteiger charge is -2.25. The molecule has 1 aliphatic rings. The van der Waals surface area contributed by atoms with Gasteiger partial charge in [-0.15, -0.1) is 0 Å². The Morgan fingerprint density at radius 2 is 2.27 bits per heavy atom. The third-order valence-electron chi connectivity index (χ3n) is 1.37. The van der Waals surface area contributed by atoms with Crippen molar-refractivity contribution in [2.24, 2.45) is 5.10 Å². The Hall–Kier alpha value is 0.140. The van der Waals surface area contributed by atoms with Crippen LogP contribution >= 0.6 is 34.8 Å². The van der Waals surface area contributed by atoms with E-state index in [2.05, 4.69) is 10.5 Å². The Morgan fingerprint density at radius 3 is 2.64 bits per heavy atom. The van der Waals surface area contributed by atoms with Crippen LogP contribution in [0.2, 0.25) is 0 Å². The number of nitrogens with one attached hydrogen (secondary N) is 1. The third kappa shape index (κ3) is 2.04. The molecule has 0 aromatic heterocycles. The molecular formula is C5H8Cl3N3. The van der Waals surface area contributed by atoms with Crippen molar-refractivity contribution in [2.75, 3.05) is 6.67 Å². The molecule has 0 spiro atoms. The fraction of sp³-hybridized carbons (Fsp3) is 0.800. The molecule has 0 aliphatic carbocycles. The van der Waals surface area contributed by atoms with E-state index >= 15 is 0 Å². The maximum atomic E-state index is 5.65. The first-order valence-electron chi connectivity index (χ1n) is 3.19. The summed E-state index contributed by atoms with van der Waals surface area (Å²) in [6, 6.07) is 0. The van der Waals surface area contributed by atoms with Crippen LogP contribution < -0.4 is 5.43 Å². The Labute approximate surface area is 80.3 Å². The van der Waals surface area contributed by atoms with E-state index in [0.29, 0.717) is 6.67 Å². The Bertz CT molecular complexity index is 174. The van der Waals surface area contributed by atoms with Crippen LogP contribution in [-0.4, -0.2) is 21.3 Å². The lowest BCUT2D eigenvalue weighted by molar-refractivity contribution is 0.427. The third-order valence-corrected chi connectivity index (χ3v) is 1.98. The van der Waals surface area contributed by atoms with Crippen molar-refractivity contribution in [2.45, 2.75) is 17.3 Å². The van der Waals surface area contributed by atoms with Gasteiger partial charge in [0.15, 0.2) is 0 Å². The number of nitrogens with zero attached hydrogens (tertiary/aromatic N) is 2. The normalized spacial score (nSPS) is 18.2. The van der Waals surface area contributed by atoms with Gasteiger partial charge in [-0.25, -0.2) is 0 Å². The van der Waals surface area contributed by atoms with E-state index in [0.717, 1.165) is 12.3 Å². The molecule has 0 aromatic rings. The summed E-state index contributed by atoms with van der Waals surface area (Å²) in [5.74, 6) is 0.769. The Morgan fingerprint density at radius 1 is 1.64 bits per heavy atom. The second kappa shape index (κ2) is 3.25. The molecular weight excluding hydrogens is 208 g/mol. The Balaban J connectivity index is 2.68. The molecule has 0 aromatic carbocycles. The molecule has 1 aliphatic heterocycles. The largest absolute Gasteiger partial charge is 0.295 e. The molecule has 64 valence electrons. The van der Waals surface area contributed by atoms with Crippen LogP contribution in [0.4, 0.5) is 0 Å². The van der Waals surface area contributed by atoms with Crippen molar-refractivity contribution in [3.8, 4) is 0 Å². The van der Waals surface area contributed by atoms with Crippen LogP contribution in [0.1, 0.15) is 13.3 Å². The average molecular weight is 216 g/mol. The van der Waals surface area contributed by atoms with Gasteiger partial charge in [-0.1, -0.05) is 41.7 Å². The molecule has 0 saturated carbocycles. The van der Waals surface area contributed by atoms with E-state index in [4.69, 9.17) is 34.8 Å². The van der Waals surface area contributed by atoms with Crippen LogP contribution in [0.5, 0.6) is 0 Å². The number of amidine groups is 1. The predicted molar refractivity (Wildman–Crippen MR) is 47.9 cm³/mol. The summed E-state index contributed by atoms with van der Waals surface area (Å²) in [4.78, 5) is 1.58. The number of rotatable bonds is 1. The van der Waals surface area contributed by atoms with Gasteiger partial charge in [0.2, 0.25) is 0 Å². The van der Waals surface area contributed by atoms with Crippen molar-refractivity contribution in [3.05, 3.63) is 0 Å². The molecule has 6 heteroatoms. The quantitative estimate of drug-likeness (QED) is 0.536. The fourth-order valence-corrected chi connectivity index (χ4v) is 1.33. The van der Waals surface area contributed by atoms with Gasteiger partial charge in [0.1, 0.15) is 12.5 Å². The lowest BCUT2D eigenvalue weighted by atomic mass is 10.4. The van der Waals surface area contributed by atoms with Crippen LogP contribution in [0.3, 0.4) is 0 Å². The SMILES string of the molecule is CCC1=NNCN1C(Cl)(Cl)Cl. The molecule has 0 radical (unpaired) electrons. The number of halogens is 3. The summed E-state index contributed by atoms with van der Waals surface area (Å²) < 4.78 is -1.39. The lowest BCUT2D eigenvalue weighted by Crippen LogP contribution is -2.39. The highest BCUT2D eigenvalue weighted by molar-refractivity contribution is 6.67. The summed E-state index contributed by atoms with van der Waals surface area (Å²) >= 11 is 16.9. The van der Waals surface area contributed by atoms with Crippen LogP contribution in [-0.2, 0) is 0 Å². The molecule has 0 unspecified atom stereocenters. The van der Waals surface area contributed by atoms with Crippen LogP contribution in [0.15, 0.2) is 5.10 Å². The smallest absolute Gasteiger partial charge is 0.270 e. The monoisotopic (exact) mass is 215 g/mol. The number of hydrazone groups is 1. The first-order valence-corrected chi connectivity index (χ1v) is 4.33. The van der Waals surface area contributed by atoms with Gasteiger partial charge >= 0.3 is 0 Å². The maximum absolute atomic E-state index is 5.65. The van der Waals surface area contributed by atoms with Gasteiger partial charge < -0.3 is 0 Å². The number of hydrogen-bond donors (Lipinski definition) is 1. The van der Waals surface area contributed by atoms with Crippen molar-refractivity contribution in [1.29, 1.82) is 0 Å². The van der Waals surface area contributed by atoms with E-state index in [1.165, 1.54) is 0 Å². The van der Waals surface area contributed by atoms with E-state index < -0.39 is 3.92 Å². The summed E-state index contributed by atoms with van der Waals surface area (Å²) in [6.45, 7) is 2.41. The minimum absolute atomic E-state index is 0.458. The van der Waals surface area contributed by atoms with Crippen molar-refractivity contribution >= 4 is 40.6 Å². The molecule has 1 rings (SSSR count). The highest BCUT2D eigenvalue weighted by atomic mass is 35.6. The summed E-state index contributed by atoms with van der Waals surface area (Å²) in [5, 5.41) is 3.94. The highest BCUT2D eigenvalue weighted by Crippen LogP contribution is 2.32. The highest BCUT2D eigenvalue weighted by Gasteiger charge is 2.33. The molecule has 0 fully saturated rings. The van der Waals surface area contributed by atoms with Crippen LogP contribution in [0, 0.1) is 0 Å². The number of hydrogen-bond acceptors (Lipinski definition) is 3. The van der Waals surface area contributed by atoms with Gasteiger partial charge in [-0.05, 0) is 0 Å². The summed E-state index contributed by atoms with van der Waals surface area (Å²) in [5.41, 5.74) is 2.74. The van der Waals surface area contributed by atoms with Crippen LogP contribution in [0.25, 0.3) is 0 Å². The molecule has 11 heavy (non-hydrogen) atoms. The van der Waals surface area contributed by atoms with Gasteiger partial charge in [-0.2, -0.15) is 5.10 Å². The topological polar surface area (TPSA) is 27.6 Å². The summed E-state index contributed by atoms with van der Waals surface area (Å²) in [7, 11) is 0. The minimum atomic E-state index is -1.39. The Kier molecular flexibility index (Phi) is 2.73. The van der Waals surface area contributed by atoms with E-state index in [1.807, 2.05) is 6.92 Å². The van der Waals surface area contributed by atoms with Gasteiger partial charge in [0, 0.05) is 6.42 Å². The number of alkyl halides is 3. The average Bonchev–Trinajstić information content (AvgIpc) is 2.31. The molecule has 0 atom stereocenters. The van der Waals surface area contributed by atoms with Crippen molar-refractivity contribution in [1.82, 2.24) is 10.3 Å². The summed E-state index contributed by atoms with van der Waals surface area (Å²) in [6.07, 6.45) is 0.751. The first kappa shape index (κ1) is 9.23. The standard InChI is InChI=1S/C5H8Cl3N3/c1-2-4-10-9-3-11(4)5(6,7)8/h9H,2-3H2,1H3. The molecule has 0 bridgehead atoms. The predicted octanol–water partition coefficient (Wildman–Crippen LogP) is 1.90. The molecule has 3 nitrogen and oxygen atoms in total. The molecule has 1 N–H and O–H groups in total. The van der Waals surface area contributed by atoms with E-state index in [9.17, 15) is 0 Å². The second-order valence-electron chi connectivity index (χ2n) is 2.09. The molecule has 1 heterocycles. The van der Waals surface area contributed by atoms with Crippen molar-refractivity contribution in [3.63, 3.8) is 0 Å². The second-order valence-corrected chi connectivity index (χ2v) is 4.32. The van der Waals surface area contributed by atoms with Crippen molar-refractivity contribution < 1.29 is 0 Å². The zero-order chi connectivity index (χ0) is 8.48. The zero-order valence-electron chi connectivity index (χ0n) is 5.94. The molecule has 0 amide bonds. The minimum Gasteiger partial charge on any atom is -0.295 e. The zero-order valence-corrected chi connectivity index (χ0v) is 8.21. The van der Waals surface area contributed by atoms with Gasteiger partial charge in [0.25, 0.3) is 3.92 Å². The van der Waals surface area contributed by atoms with Gasteiger partial charge in [0.05, 0.1) is 0 Å². The van der Waals surface area contributed by atoms with E-state index in [1.54, 1.807) is 4.90 Å². The fourth-order valence-electron chi connectivity index (χ4n) is 0.855. The van der Waals surface area contributed by atoms with Gasteiger partial charge in [-0.3, -0.25) is 10.3 Å². The first-order chi connectivity index (χ1) is 5.05. The van der Waals surface area contributed by atoms with E-state index in [-0.39, 0.29) is 0 Å².